The number of aryl methyl sites for hydroxylation is 2. The first-order valence-corrected chi connectivity index (χ1v) is 13.0. The van der Waals surface area contributed by atoms with E-state index in [-0.39, 0.29) is 18.9 Å². The molecule has 7 heteroatoms. The summed E-state index contributed by atoms with van der Waals surface area (Å²) >= 11 is 0. The molecule has 1 aliphatic rings. The zero-order valence-electron chi connectivity index (χ0n) is 22.3. The van der Waals surface area contributed by atoms with E-state index < -0.39 is 24.4 Å². The van der Waals surface area contributed by atoms with Crippen LogP contribution in [0.15, 0.2) is 66.7 Å². The van der Waals surface area contributed by atoms with Gasteiger partial charge >= 0.3 is 5.97 Å². The molecule has 0 bridgehead atoms. The number of carbonyl (C=O) groups is 3. The van der Waals surface area contributed by atoms with Gasteiger partial charge in [-0.25, -0.2) is 0 Å². The van der Waals surface area contributed by atoms with Crippen LogP contribution in [0.3, 0.4) is 0 Å². The molecular weight excluding hydrogens is 480 g/mol. The summed E-state index contributed by atoms with van der Waals surface area (Å²) in [7, 11) is 0. The highest BCUT2D eigenvalue weighted by Crippen LogP contribution is 2.33. The number of nitrogens with zero attached hydrogens (tertiary/aromatic N) is 1. The van der Waals surface area contributed by atoms with Crippen LogP contribution in [0, 0.1) is 12.8 Å². The average Bonchev–Trinajstić information content (AvgIpc) is 3.29. The summed E-state index contributed by atoms with van der Waals surface area (Å²) in [6.07, 6.45) is 0.812. The van der Waals surface area contributed by atoms with Crippen LogP contribution in [0.4, 0.5) is 11.4 Å². The fraction of sp³-hybridized carbons (Fsp3) is 0.323. The summed E-state index contributed by atoms with van der Waals surface area (Å²) < 4.78 is 11.4. The Morgan fingerprint density at radius 1 is 1.05 bits per heavy atom. The van der Waals surface area contributed by atoms with Crippen molar-refractivity contribution >= 4 is 29.2 Å². The largest absolute Gasteiger partial charge is 0.457 e. The van der Waals surface area contributed by atoms with Crippen LogP contribution < -0.4 is 15.0 Å². The topological polar surface area (TPSA) is 84.9 Å². The molecule has 38 heavy (non-hydrogen) atoms. The summed E-state index contributed by atoms with van der Waals surface area (Å²) in [5.41, 5.74) is 4.62. The Morgan fingerprint density at radius 2 is 1.79 bits per heavy atom. The van der Waals surface area contributed by atoms with E-state index in [9.17, 15) is 14.4 Å². The number of ether oxygens (including phenoxy) is 2. The third-order valence-corrected chi connectivity index (χ3v) is 6.64. The highest BCUT2D eigenvalue weighted by molar-refractivity contribution is 6.00. The molecule has 1 heterocycles. The summed E-state index contributed by atoms with van der Waals surface area (Å²) in [5, 5.41) is 2.78. The van der Waals surface area contributed by atoms with Crippen LogP contribution in [0.5, 0.6) is 11.5 Å². The molecule has 0 unspecified atom stereocenters. The van der Waals surface area contributed by atoms with Gasteiger partial charge in [-0.05, 0) is 72.4 Å². The standard InChI is InChI=1S/C31H34N2O5/c1-5-22-8-6-7-9-27(22)32-29(34)19-37-31(36)23-17-30(35)33(18-23)24-11-13-25(14-12-24)38-28-16-21(4)10-15-26(28)20(2)3/h6-16,20,23H,5,17-19H2,1-4H3,(H,32,34)/t23-/m0/s1. The van der Waals surface area contributed by atoms with E-state index in [1.165, 1.54) is 0 Å². The van der Waals surface area contributed by atoms with E-state index in [4.69, 9.17) is 9.47 Å². The number of hydrogen-bond donors (Lipinski definition) is 1. The fourth-order valence-corrected chi connectivity index (χ4v) is 4.53. The summed E-state index contributed by atoms with van der Waals surface area (Å²) in [4.78, 5) is 39.2. The second kappa shape index (κ2) is 11.9. The van der Waals surface area contributed by atoms with Crippen LogP contribution in [0.2, 0.25) is 0 Å². The van der Waals surface area contributed by atoms with Crippen molar-refractivity contribution in [2.75, 3.05) is 23.4 Å². The van der Waals surface area contributed by atoms with E-state index in [1.807, 2.05) is 68.4 Å². The van der Waals surface area contributed by atoms with E-state index in [1.54, 1.807) is 4.90 Å². The molecule has 1 aliphatic heterocycles. The molecule has 198 valence electrons. The molecular formula is C31H34N2O5. The number of nitrogens with one attached hydrogen (secondary N) is 1. The average molecular weight is 515 g/mol. The van der Waals surface area contributed by atoms with Gasteiger partial charge in [-0.15, -0.1) is 0 Å². The molecule has 0 radical (unpaired) electrons. The molecule has 7 nitrogen and oxygen atoms in total. The highest BCUT2D eigenvalue weighted by Gasteiger charge is 2.36. The first-order valence-electron chi connectivity index (χ1n) is 13.0. The third-order valence-electron chi connectivity index (χ3n) is 6.64. The number of benzene rings is 3. The predicted molar refractivity (Wildman–Crippen MR) is 148 cm³/mol. The maximum absolute atomic E-state index is 12.7. The van der Waals surface area contributed by atoms with Crippen molar-refractivity contribution in [2.45, 2.75) is 46.5 Å². The van der Waals surface area contributed by atoms with Crippen molar-refractivity contribution in [3.05, 3.63) is 83.4 Å². The highest BCUT2D eigenvalue weighted by atomic mass is 16.5. The van der Waals surface area contributed by atoms with Gasteiger partial charge in [0.15, 0.2) is 6.61 Å². The number of amides is 2. The number of hydrogen-bond acceptors (Lipinski definition) is 5. The molecule has 1 fully saturated rings. The van der Waals surface area contributed by atoms with Gasteiger partial charge in [0.05, 0.1) is 5.92 Å². The molecule has 0 aromatic heterocycles. The van der Waals surface area contributed by atoms with Crippen LogP contribution >= 0.6 is 0 Å². The molecule has 1 atom stereocenters. The number of esters is 1. The van der Waals surface area contributed by atoms with Crippen molar-refractivity contribution < 1.29 is 23.9 Å². The maximum atomic E-state index is 12.7. The second-order valence-electron chi connectivity index (χ2n) is 9.86. The minimum Gasteiger partial charge on any atom is -0.457 e. The Balaban J connectivity index is 1.33. The smallest absolute Gasteiger partial charge is 0.311 e. The number of anilines is 2. The van der Waals surface area contributed by atoms with Crippen molar-refractivity contribution in [1.82, 2.24) is 0 Å². The van der Waals surface area contributed by atoms with Gasteiger partial charge in [0, 0.05) is 24.3 Å². The van der Waals surface area contributed by atoms with Gasteiger partial charge in [0.1, 0.15) is 11.5 Å². The van der Waals surface area contributed by atoms with Gasteiger partial charge < -0.3 is 19.7 Å². The van der Waals surface area contributed by atoms with E-state index in [0.29, 0.717) is 23.0 Å². The Hall–Kier alpha value is -4.13. The molecule has 2 amide bonds. The van der Waals surface area contributed by atoms with Gasteiger partial charge in [-0.3, -0.25) is 14.4 Å². The lowest BCUT2D eigenvalue weighted by atomic mass is 10.0. The van der Waals surface area contributed by atoms with Crippen LogP contribution in [-0.4, -0.2) is 30.9 Å². The third kappa shape index (κ3) is 6.40. The van der Waals surface area contributed by atoms with Crippen molar-refractivity contribution in [1.29, 1.82) is 0 Å². The lowest BCUT2D eigenvalue weighted by Crippen LogP contribution is -2.28. The first-order chi connectivity index (χ1) is 18.2. The van der Waals surface area contributed by atoms with Gasteiger partial charge in [0.2, 0.25) is 5.91 Å². The Labute approximate surface area is 223 Å². The molecule has 0 saturated carbocycles. The van der Waals surface area contributed by atoms with Crippen LogP contribution in [0.25, 0.3) is 0 Å². The lowest BCUT2D eigenvalue weighted by Gasteiger charge is -2.18. The molecule has 4 rings (SSSR count). The number of rotatable bonds is 9. The SMILES string of the molecule is CCc1ccccc1NC(=O)COC(=O)[C@H]1CC(=O)N(c2ccc(Oc3cc(C)ccc3C(C)C)cc2)C1. The maximum Gasteiger partial charge on any atom is 0.311 e. The number of para-hydroxylation sites is 1. The molecule has 3 aromatic carbocycles. The minimum absolute atomic E-state index is 0.0401. The van der Waals surface area contributed by atoms with Crippen molar-refractivity contribution in [2.24, 2.45) is 5.92 Å². The minimum atomic E-state index is -0.630. The fourth-order valence-electron chi connectivity index (χ4n) is 4.53. The zero-order chi connectivity index (χ0) is 27.2. The molecule has 3 aromatic rings. The summed E-state index contributed by atoms with van der Waals surface area (Å²) in [6, 6.07) is 20.9. The summed E-state index contributed by atoms with van der Waals surface area (Å²) in [6.45, 7) is 8.08. The van der Waals surface area contributed by atoms with E-state index >= 15 is 0 Å². The van der Waals surface area contributed by atoms with E-state index in [2.05, 4.69) is 31.3 Å². The lowest BCUT2D eigenvalue weighted by molar-refractivity contribution is -0.151. The Bertz CT molecular complexity index is 1320. The van der Waals surface area contributed by atoms with Crippen LogP contribution in [-0.2, 0) is 25.5 Å². The zero-order valence-corrected chi connectivity index (χ0v) is 22.3. The normalized spacial score (nSPS) is 15.0. The quantitative estimate of drug-likeness (QED) is 0.354. The van der Waals surface area contributed by atoms with Gasteiger partial charge in [-0.1, -0.05) is 51.1 Å². The van der Waals surface area contributed by atoms with Gasteiger partial charge in [0.25, 0.3) is 5.91 Å². The second-order valence-corrected chi connectivity index (χ2v) is 9.86. The van der Waals surface area contributed by atoms with Crippen molar-refractivity contribution in [3.63, 3.8) is 0 Å². The van der Waals surface area contributed by atoms with Crippen molar-refractivity contribution in [3.8, 4) is 11.5 Å². The Morgan fingerprint density at radius 3 is 2.50 bits per heavy atom. The summed E-state index contributed by atoms with van der Waals surface area (Å²) in [5.74, 6) is 0.0416. The molecule has 0 aliphatic carbocycles. The Kier molecular flexibility index (Phi) is 8.46. The molecule has 1 saturated heterocycles. The number of carbonyl (C=O) groups excluding carboxylic acids is 3. The first kappa shape index (κ1) is 26.9. The van der Waals surface area contributed by atoms with Crippen LogP contribution in [0.1, 0.15) is 49.8 Å². The van der Waals surface area contributed by atoms with E-state index in [0.717, 1.165) is 28.9 Å². The monoisotopic (exact) mass is 514 g/mol. The molecule has 0 spiro atoms. The molecule has 1 N–H and O–H groups in total. The van der Waals surface area contributed by atoms with Gasteiger partial charge in [-0.2, -0.15) is 0 Å². The predicted octanol–water partition coefficient (Wildman–Crippen LogP) is 6.01.